The molecule has 1 rings (SSSR count). The van der Waals surface area contributed by atoms with Gasteiger partial charge in [0.15, 0.2) is 5.96 Å². The smallest absolute Gasteiger partial charge is 0.407 e. The summed E-state index contributed by atoms with van der Waals surface area (Å²) < 4.78 is 10.5. The van der Waals surface area contributed by atoms with Gasteiger partial charge in [-0.1, -0.05) is 13.8 Å². The van der Waals surface area contributed by atoms with Gasteiger partial charge in [-0.05, 0) is 46.5 Å². The highest BCUT2D eigenvalue weighted by Gasteiger charge is 2.28. The number of carbonyl (C=O) groups excluding carboxylic acids is 2. The maximum absolute atomic E-state index is 12.1. The predicted octanol–water partition coefficient (Wildman–Crippen LogP) is 2.39. The van der Waals surface area contributed by atoms with Crippen LogP contribution in [-0.2, 0) is 14.3 Å². The molecule has 1 heterocycles. The molecule has 1 saturated heterocycles. The summed E-state index contributed by atoms with van der Waals surface area (Å²) in [6.07, 6.45) is 1.09. The lowest BCUT2D eigenvalue weighted by molar-refractivity contribution is -0.149. The van der Waals surface area contributed by atoms with E-state index in [0.29, 0.717) is 13.2 Å². The Kier molecular flexibility index (Phi) is 9.55. The number of nitrogens with zero attached hydrogens (tertiary/aromatic N) is 2. The molecule has 162 valence electrons. The molecule has 8 heteroatoms. The van der Waals surface area contributed by atoms with Crippen LogP contribution in [0.4, 0.5) is 4.79 Å². The molecule has 0 saturated carbocycles. The van der Waals surface area contributed by atoms with E-state index in [0.717, 1.165) is 31.9 Å². The van der Waals surface area contributed by atoms with E-state index in [1.165, 1.54) is 0 Å². The molecule has 1 atom stereocenters. The summed E-state index contributed by atoms with van der Waals surface area (Å²) in [5, 5.41) is 6.28. The maximum Gasteiger partial charge on any atom is 0.407 e. The first-order valence-electron chi connectivity index (χ1n) is 10.2. The van der Waals surface area contributed by atoms with Crippen LogP contribution in [0.15, 0.2) is 4.99 Å². The summed E-state index contributed by atoms with van der Waals surface area (Å²) in [5.74, 6) is 0.865. The Morgan fingerprint density at radius 2 is 1.82 bits per heavy atom. The van der Waals surface area contributed by atoms with Crippen molar-refractivity contribution in [2.45, 2.75) is 66.0 Å². The number of esters is 1. The molecule has 0 bridgehead atoms. The largest absolute Gasteiger partial charge is 0.466 e. The standard InChI is InChI=1S/C20H38N4O4/c1-8-27-17(25)15-9-11-24(12-10-15)18(21-7)22-13-16(14(2)3)23-19(26)28-20(4,5)6/h14-16H,8-13H2,1-7H3,(H,21,22)(H,23,26). The second-order valence-electron chi connectivity index (χ2n) is 8.44. The lowest BCUT2D eigenvalue weighted by atomic mass is 9.97. The third-order valence-corrected chi connectivity index (χ3v) is 4.61. The fourth-order valence-corrected chi connectivity index (χ4v) is 3.03. The molecular weight excluding hydrogens is 360 g/mol. The molecule has 1 aliphatic rings. The molecule has 0 aromatic heterocycles. The zero-order chi connectivity index (χ0) is 21.3. The zero-order valence-electron chi connectivity index (χ0n) is 18.5. The predicted molar refractivity (Wildman–Crippen MR) is 110 cm³/mol. The van der Waals surface area contributed by atoms with Crippen molar-refractivity contribution in [1.29, 1.82) is 0 Å². The second-order valence-corrected chi connectivity index (χ2v) is 8.44. The van der Waals surface area contributed by atoms with Gasteiger partial charge < -0.3 is 25.0 Å². The Hall–Kier alpha value is -1.99. The first kappa shape index (κ1) is 24.0. The highest BCUT2D eigenvalue weighted by Crippen LogP contribution is 2.18. The number of amides is 1. The summed E-state index contributed by atoms with van der Waals surface area (Å²) in [6, 6.07) is -0.0938. The molecule has 1 fully saturated rings. The normalized spacial score (nSPS) is 17.3. The quantitative estimate of drug-likeness (QED) is 0.405. The molecule has 0 radical (unpaired) electrons. The third-order valence-electron chi connectivity index (χ3n) is 4.61. The number of carbonyl (C=O) groups is 2. The Balaban J connectivity index is 2.55. The lowest BCUT2D eigenvalue weighted by Crippen LogP contribution is -2.52. The zero-order valence-corrected chi connectivity index (χ0v) is 18.5. The van der Waals surface area contributed by atoms with Gasteiger partial charge in [-0.25, -0.2) is 4.79 Å². The number of nitrogens with one attached hydrogen (secondary N) is 2. The molecule has 8 nitrogen and oxygen atoms in total. The van der Waals surface area contributed by atoms with Crippen LogP contribution in [0.25, 0.3) is 0 Å². The number of hydrogen-bond acceptors (Lipinski definition) is 5. The Bertz CT molecular complexity index is 535. The minimum Gasteiger partial charge on any atom is -0.466 e. The van der Waals surface area contributed by atoms with Gasteiger partial charge in [0.25, 0.3) is 0 Å². The molecule has 0 aromatic carbocycles. The lowest BCUT2D eigenvalue weighted by Gasteiger charge is -2.34. The first-order chi connectivity index (χ1) is 13.1. The Morgan fingerprint density at radius 1 is 1.21 bits per heavy atom. The van der Waals surface area contributed by atoms with Crippen molar-refractivity contribution in [3.05, 3.63) is 0 Å². The SMILES string of the molecule is CCOC(=O)C1CCN(C(=NC)NCC(NC(=O)OC(C)(C)C)C(C)C)CC1. The minimum atomic E-state index is -0.529. The summed E-state index contributed by atoms with van der Waals surface area (Å²) in [5.41, 5.74) is -0.529. The van der Waals surface area contributed by atoms with E-state index in [1.807, 2.05) is 27.7 Å². The van der Waals surface area contributed by atoms with Crippen molar-refractivity contribution in [3.63, 3.8) is 0 Å². The third kappa shape index (κ3) is 8.35. The van der Waals surface area contributed by atoms with Gasteiger partial charge in [-0.3, -0.25) is 9.79 Å². The minimum absolute atomic E-state index is 0.0356. The Labute approximate surface area is 169 Å². The number of rotatable bonds is 6. The van der Waals surface area contributed by atoms with Crippen molar-refractivity contribution in [1.82, 2.24) is 15.5 Å². The highest BCUT2D eigenvalue weighted by molar-refractivity contribution is 5.80. The van der Waals surface area contributed by atoms with Gasteiger partial charge in [-0.2, -0.15) is 0 Å². The average Bonchev–Trinajstić information content (AvgIpc) is 2.60. The van der Waals surface area contributed by atoms with Crippen LogP contribution in [0.3, 0.4) is 0 Å². The number of likely N-dealkylation sites (tertiary alicyclic amines) is 1. The summed E-state index contributed by atoms with van der Waals surface area (Å²) in [6.45, 7) is 13.9. The van der Waals surface area contributed by atoms with E-state index >= 15 is 0 Å². The first-order valence-corrected chi connectivity index (χ1v) is 10.2. The molecule has 2 N–H and O–H groups in total. The van der Waals surface area contributed by atoms with Gasteiger partial charge in [0, 0.05) is 26.7 Å². The second kappa shape index (κ2) is 11.1. The van der Waals surface area contributed by atoms with Crippen molar-refractivity contribution in [3.8, 4) is 0 Å². The van der Waals surface area contributed by atoms with E-state index in [1.54, 1.807) is 7.05 Å². The fourth-order valence-electron chi connectivity index (χ4n) is 3.03. The molecule has 28 heavy (non-hydrogen) atoms. The van der Waals surface area contributed by atoms with Gasteiger partial charge in [-0.15, -0.1) is 0 Å². The summed E-state index contributed by atoms with van der Waals surface area (Å²) in [4.78, 5) is 30.5. The van der Waals surface area contributed by atoms with Gasteiger partial charge in [0.2, 0.25) is 0 Å². The van der Waals surface area contributed by atoms with E-state index in [2.05, 4.69) is 34.4 Å². The van der Waals surface area contributed by atoms with E-state index in [-0.39, 0.29) is 23.8 Å². The molecule has 0 spiro atoms. The molecule has 1 amide bonds. The highest BCUT2D eigenvalue weighted by atomic mass is 16.6. The van der Waals surface area contributed by atoms with Crippen LogP contribution in [0.2, 0.25) is 0 Å². The molecule has 0 aromatic rings. The number of alkyl carbamates (subject to hydrolysis) is 1. The van der Waals surface area contributed by atoms with Crippen molar-refractivity contribution in [2.24, 2.45) is 16.8 Å². The van der Waals surface area contributed by atoms with Crippen LogP contribution in [0.1, 0.15) is 54.4 Å². The van der Waals surface area contributed by atoms with E-state index in [4.69, 9.17) is 9.47 Å². The van der Waals surface area contributed by atoms with Gasteiger partial charge >= 0.3 is 12.1 Å². The van der Waals surface area contributed by atoms with Crippen LogP contribution in [-0.4, -0.2) is 67.9 Å². The topological polar surface area (TPSA) is 92.3 Å². The van der Waals surface area contributed by atoms with E-state index in [9.17, 15) is 9.59 Å². The maximum atomic E-state index is 12.1. The van der Waals surface area contributed by atoms with Crippen molar-refractivity contribution >= 4 is 18.0 Å². The molecular formula is C20H38N4O4. The van der Waals surface area contributed by atoms with Crippen LogP contribution in [0, 0.1) is 11.8 Å². The molecule has 1 unspecified atom stereocenters. The van der Waals surface area contributed by atoms with E-state index < -0.39 is 11.7 Å². The van der Waals surface area contributed by atoms with Crippen LogP contribution < -0.4 is 10.6 Å². The monoisotopic (exact) mass is 398 g/mol. The molecule has 0 aliphatic carbocycles. The number of piperidine rings is 1. The summed E-state index contributed by atoms with van der Waals surface area (Å²) in [7, 11) is 1.74. The van der Waals surface area contributed by atoms with Crippen LogP contribution >= 0.6 is 0 Å². The Morgan fingerprint density at radius 3 is 2.29 bits per heavy atom. The number of aliphatic imine (C=N–C) groups is 1. The average molecular weight is 399 g/mol. The van der Waals surface area contributed by atoms with Crippen LogP contribution in [0.5, 0.6) is 0 Å². The fraction of sp³-hybridized carbons (Fsp3) is 0.850. The summed E-state index contributed by atoms with van der Waals surface area (Å²) >= 11 is 0. The van der Waals surface area contributed by atoms with Gasteiger partial charge in [0.1, 0.15) is 5.60 Å². The van der Waals surface area contributed by atoms with Gasteiger partial charge in [0.05, 0.1) is 18.6 Å². The van der Waals surface area contributed by atoms with Crippen molar-refractivity contribution < 1.29 is 19.1 Å². The van der Waals surface area contributed by atoms with Crippen molar-refractivity contribution in [2.75, 3.05) is 33.3 Å². The molecule has 1 aliphatic heterocycles. The number of hydrogen-bond donors (Lipinski definition) is 2. The number of guanidine groups is 1. The number of ether oxygens (including phenoxy) is 2.